The molecule has 1 aromatic carbocycles. The molecule has 2 heterocycles. The first kappa shape index (κ1) is 22.0. The Kier molecular flexibility index (Phi) is 6.68. The van der Waals surface area contributed by atoms with Gasteiger partial charge in [0.05, 0.1) is 31.0 Å². The van der Waals surface area contributed by atoms with Gasteiger partial charge >= 0.3 is 12.1 Å². The van der Waals surface area contributed by atoms with Crippen LogP contribution in [0.5, 0.6) is 0 Å². The van der Waals surface area contributed by atoms with E-state index < -0.39 is 36.5 Å². The van der Waals surface area contributed by atoms with Crippen LogP contribution in [0.4, 0.5) is 20.6 Å². The standard InChI is InChI=1S/C19H22FN5O6/c1-12(26)21-8-15-9-24(19(29)31-15)14-3-4-17(16(20)7-14)23-5-6-25(22-11-23)18(28)10-30-13(2)27/h3-4,7,11,15H,5-6,8-10H2,1-2H3,(H,21,26)/t15-/m0/s1. The van der Waals surface area contributed by atoms with Crippen molar-refractivity contribution in [2.24, 2.45) is 5.10 Å². The molecule has 0 unspecified atom stereocenters. The van der Waals surface area contributed by atoms with E-state index >= 15 is 0 Å². The van der Waals surface area contributed by atoms with Gasteiger partial charge in [-0.2, -0.15) is 5.10 Å². The second-order valence-electron chi connectivity index (χ2n) is 6.91. The molecule has 1 atom stereocenters. The van der Waals surface area contributed by atoms with E-state index in [4.69, 9.17) is 4.74 Å². The number of nitrogens with one attached hydrogen (secondary N) is 1. The molecule has 3 rings (SSSR count). The predicted octanol–water partition coefficient (Wildman–Crippen LogP) is 0.442. The lowest BCUT2D eigenvalue weighted by atomic mass is 10.2. The number of hydrogen-bond donors (Lipinski definition) is 1. The predicted molar refractivity (Wildman–Crippen MR) is 107 cm³/mol. The number of ether oxygens (including phenoxy) is 2. The fourth-order valence-electron chi connectivity index (χ4n) is 3.05. The first-order valence-corrected chi connectivity index (χ1v) is 9.51. The van der Waals surface area contributed by atoms with E-state index in [1.165, 1.54) is 42.1 Å². The minimum atomic E-state index is -0.621. The average molecular weight is 435 g/mol. The van der Waals surface area contributed by atoms with Crippen molar-refractivity contribution in [1.29, 1.82) is 0 Å². The minimum absolute atomic E-state index is 0.176. The summed E-state index contributed by atoms with van der Waals surface area (Å²) in [6, 6.07) is 4.29. The summed E-state index contributed by atoms with van der Waals surface area (Å²) in [5.41, 5.74) is 0.547. The van der Waals surface area contributed by atoms with E-state index in [1.807, 2.05) is 0 Å². The Morgan fingerprint density at radius 1 is 1.29 bits per heavy atom. The van der Waals surface area contributed by atoms with Crippen molar-refractivity contribution in [3.63, 3.8) is 0 Å². The second-order valence-corrected chi connectivity index (χ2v) is 6.91. The van der Waals surface area contributed by atoms with Crippen LogP contribution < -0.4 is 15.1 Å². The number of halogens is 1. The number of benzene rings is 1. The third-order valence-electron chi connectivity index (χ3n) is 4.58. The molecule has 2 aliphatic rings. The van der Waals surface area contributed by atoms with Crippen LogP contribution in [-0.4, -0.2) is 74.1 Å². The number of nitrogens with zero attached hydrogens (tertiary/aromatic N) is 4. The van der Waals surface area contributed by atoms with E-state index in [0.29, 0.717) is 5.69 Å². The summed E-state index contributed by atoms with van der Waals surface area (Å²) in [5.74, 6) is -1.87. The molecule has 3 amide bonds. The summed E-state index contributed by atoms with van der Waals surface area (Å²) in [7, 11) is 0. The van der Waals surface area contributed by atoms with Crippen LogP contribution in [0.15, 0.2) is 23.3 Å². The molecule has 0 radical (unpaired) electrons. The van der Waals surface area contributed by atoms with E-state index in [-0.39, 0.29) is 37.8 Å². The van der Waals surface area contributed by atoms with Gasteiger partial charge in [0, 0.05) is 20.4 Å². The van der Waals surface area contributed by atoms with Gasteiger partial charge in [-0.1, -0.05) is 0 Å². The van der Waals surface area contributed by atoms with Crippen LogP contribution in [0.3, 0.4) is 0 Å². The van der Waals surface area contributed by atoms with Gasteiger partial charge < -0.3 is 19.7 Å². The minimum Gasteiger partial charge on any atom is -0.456 e. The molecule has 11 nitrogen and oxygen atoms in total. The third-order valence-corrected chi connectivity index (χ3v) is 4.58. The third kappa shape index (κ3) is 5.47. The van der Waals surface area contributed by atoms with Crippen molar-refractivity contribution in [2.75, 3.05) is 42.6 Å². The van der Waals surface area contributed by atoms with Gasteiger partial charge in [0.1, 0.15) is 18.3 Å². The highest BCUT2D eigenvalue weighted by atomic mass is 19.1. The lowest BCUT2D eigenvalue weighted by Gasteiger charge is -2.29. The summed E-state index contributed by atoms with van der Waals surface area (Å²) < 4.78 is 24.6. The second kappa shape index (κ2) is 9.41. The molecule has 0 bridgehead atoms. The number of carbonyl (C=O) groups is 4. The monoisotopic (exact) mass is 435 g/mol. The van der Waals surface area contributed by atoms with Crippen molar-refractivity contribution in [2.45, 2.75) is 20.0 Å². The molecule has 0 spiro atoms. The number of cyclic esters (lactones) is 1. The van der Waals surface area contributed by atoms with E-state index in [9.17, 15) is 23.6 Å². The maximum absolute atomic E-state index is 14.8. The maximum atomic E-state index is 14.8. The zero-order valence-electron chi connectivity index (χ0n) is 17.0. The Labute approximate surface area is 177 Å². The van der Waals surface area contributed by atoms with Crippen molar-refractivity contribution in [3.8, 4) is 0 Å². The van der Waals surface area contributed by atoms with E-state index in [0.717, 1.165) is 5.01 Å². The zero-order chi connectivity index (χ0) is 22.5. The van der Waals surface area contributed by atoms with Crippen molar-refractivity contribution >= 4 is 41.6 Å². The van der Waals surface area contributed by atoms with Gasteiger partial charge in [-0.05, 0) is 18.2 Å². The van der Waals surface area contributed by atoms with Crippen molar-refractivity contribution in [1.82, 2.24) is 10.3 Å². The van der Waals surface area contributed by atoms with Gasteiger partial charge in [-0.25, -0.2) is 14.2 Å². The molecule has 1 saturated heterocycles. The number of anilines is 2. The Morgan fingerprint density at radius 3 is 2.68 bits per heavy atom. The number of hydrazone groups is 1. The van der Waals surface area contributed by atoms with E-state index in [1.54, 1.807) is 6.07 Å². The van der Waals surface area contributed by atoms with Gasteiger partial charge in [0.15, 0.2) is 6.61 Å². The number of carbonyl (C=O) groups excluding carboxylic acids is 4. The average Bonchev–Trinajstić information content (AvgIpc) is 3.11. The SMILES string of the molecule is CC(=O)NC[C@H]1CN(c2ccc(N3C=NN(C(=O)COC(C)=O)CC3)c(F)c2)C(=O)O1. The molecule has 2 aliphatic heterocycles. The van der Waals surface area contributed by atoms with Gasteiger partial charge in [0.2, 0.25) is 5.91 Å². The summed E-state index contributed by atoms with van der Waals surface area (Å²) in [5, 5.41) is 7.69. The van der Waals surface area contributed by atoms with Crippen LogP contribution in [0, 0.1) is 5.82 Å². The molecular formula is C19H22FN5O6. The van der Waals surface area contributed by atoms with Crippen LogP contribution in [0.1, 0.15) is 13.8 Å². The molecule has 1 fully saturated rings. The highest BCUT2D eigenvalue weighted by Gasteiger charge is 2.33. The fraction of sp³-hybridized carbons (Fsp3) is 0.421. The topological polar surface area (TPSA) is 121 Å². The molecule has 1 N–H and O–H groups in total. The first-order chi connectivity index (χ1) is 14.7. The quantitative estimate of drug-likeness (QED) is 0.644. The normalized spacial score (nSPS) is 18.1. The number of rotatable bonds is 6. The lowest BCUT2D eigenvalue weighted by molar-refractivity contribution is -0.150. The highest BCUT2D eigenvalue weighted by Crippen LogP contribution is 2.28. The van der Waals surface area contributed by atoms with Gasteiger partial charge in [-0.3, -0.25) is 19.3 Å². The van der Waals surface area contributed by atoms with Crippen molar-refractivity contribution < 1.29 is 33.0 Å². The molecule has 0 aromatic heterocycles. The zero-order valence-corrected chi connectivity index (χ0v) is 17.0. The molecule has 0 aliphatic carbocycles. The summed E-state index contributed by atoms with van der Waals surface area (Å²) in [6.07, 6.45) is 0.161. The Hall–Kier alpha value is -3.70. The van der Waals surface area contributed by atoms with Crippen LogP contribution in [0.25, 0.3) is 0 Å². The van der Waals surface area contributed by atoms with Gasteiger partial charge in [0.25, 0.3) is 5.91 Å². The largest absolute Gasteiger partial charge is 0.456 e. The molecule has 31 heavy (non-hydrogen) atoms. The Morgan fingerprint density at radius 2 is 2.06 bits per heavy atom. The van der Waals surface area contributed by atoms with Crippen LogP contribution in [0.2, 0.25) is 0 Å². The highest BCUT2D eigenvalue weighted by molar-refractivity contribution is 5.91. The smallest absolute Gasteiger partial charge is 0.414 e. The number of amides is 3. The number of hydrogen-bond acceptors (Lipinski definition) is 8. The van der Waals surface area contributed by atoms with E-state index in [2.05, 4.69) is 15.2 Å². The Bertz CT molecular complexity index is 923. The lowest BCUT2D eigenvalue weighted by Crippen LogP contribution is -2.42. The molecule has 0 saturated carbocycles. The van der Waals surface area contributed by atoms with Crippen LogP contribution >= 0.6 is 0 Å². The Balaban J connectivity index is 1.63. The summed E-state index contributed by atoms with van der Waals surface area (Å²) in [6.45, 7) is 2.97. The molecule has 166 valence electrons. The molecule has 1 aromatic rings. The molecular weight excluding hydrogens is 413 g/mol. The summed E-state index contributed by atoms with van der Waals surface area (Å²) in [4.78, 5) is 48.6. The van der Waals surface area contributed by atoms with Crippen molar-refractivity contribution in [3.05, 3.63) is 24.0 Å². The summed E-state index contributed by atoms with van der Waals surface area (Å²) >= 11 is 0. The molecule has 12 heteroatoms. The maximum Gasteiger partial charge on any atom is 0.414 e. The fourth-order valence-corrected chi connectivity index (χ4v) is 3.05. The van der Waals surface area contributed by atoms with Gasteiger partial charge in [-0.15, -0.1) is 0 Å². The van der Waals surface area contributed by atoms with Crippen LogP contribution in [-0.2, 0) is 23.9 Å². The number of esters is 1. The first-order valence-electron chi connectivity index (χ1n) is 9.51.